The second kappa shape index (κ2) is 7.27. The van der Waals surface area contributed by atoms with Crippen LogP contribution in [0, 0.1) is 0 Å². The van der Waals surface area contributed by atoms with Gasteiger partial charge in [-0.05, 0) is 13.3 Å². The highest BCUT2D eigenvalue weighted by Gasteiger charge is 2.28. The average molecular weight is 293 g/mol. The molecule has 1 unspecified atom stereocenters. The molecular formula is C9H18F3NO4S. The van der Waals surface area contributed by atoms with E-state index in [1.165, 1.54) is 21.1 Å². The average Bonchev–Trinajstić information content (AvgIpc) is 2.15. The molecule has 0 fully saturated rings. The predicted molar refractivity (Wildman–Crippen MR) is 59.5 cm³/mol. The summed E-state index contributed by atoms with van der Waals surface area (Å²) in [5.74, 6) is -0.586. The Morgan fingerprint density at radius 2 is 1.72 bits per heavy atom. The molecule has 5 nitrogen and oxygen atoms in total. The molecule has 110 valence electrons. The van der Waals surface area contributed by atoms with E-state index in [-0.39, 0.29) is 0 Å². The number of alkyl halides is 3. The number of nitrogens with one attached hydrogen (secondary N) is 1. The molecule has 0 spiro atoms. The monoisotopic (exact) mass is 293 g/mol. The highest BCUT2D eigenvalue weighted by Crippen LogP contribution is 2.21. The van der Waals surface area contributed by atoms with Crippen LogP contribution in [0.5, 0.6) is 0 Å². The first kappa shape index (κ1) is 17.6. The van der Waals surface area contributed by atoms with Gasteiger partial charge in [-0.1, -0.05) is 0 Å². The molecule has 0 aromatic rings. The van der Waals surface area contributed by atoms with Crippen molar-refractivity contribution in [1.29, 1.82) is 0 Å². The van der Waals surface area contributed by atoms with Gasteiger partial charge in [-0.3, -0.25) is 0 Å². The standard InChI is InChI=1S/C9H18F3NO4S/c1-7(8(16-2)17-3)13-18(14,15)6-4-5-9(10,11)12/h7-8,13H,4-6H2,1-3H3. The lowest BCUT2D eigenvalue weighted by atomic mass is 10.3. The van der Waals surface area contributed by atoms with Crippen LogP contribution in [0.4, 0.5) is 13.2 Å². The van der Waals surface area contributed by atoms with Crippen molar-refractivity contribution in [1.82, 2.24) is 4.72 Å². The zero-order chi connectivity index (χ0) is 14.4. The highest BCUT2D eigenvalue weighted by molar-refractivity contribution is 7.89. The molecule has 0 heterocycles. The van der Waals surface area contributed by atoms with Crippen molar-refractivity contribution < 1.29 is 31.1 Å². The van der Waals surface area contributed by atoms with Crippen molar-refractivity contribution in [3.8, 4) is 0 Å². The normalized spacial score (nSPS) is 15.1. The van der Waals surface area contributed by atoms with Crippen LogP contribution in [0.15, 0.2) is 0 Å². The molecule has 18 heavy (non-hydrogen) atoms. The topological polar surface area (TPSA) is 64.6 Å². The van der Waals surface area contributed by atoms with Gasteiger partial charge in [-0.2, -0.15) is 13.2 Å². The van der Waals surface area contributed by atoms with Crippen LogP contribution in [0.1, 0.15) is 19.8 Å². The number of ether oxygens (including phenoxy) is 2. The Balaban J connectivity index is 4.23. The van der Waals surface area contributed by atoms with Crippen LogP contribution in [0.3, 0.4) is 0 Å². The van der Waals surface area contributed by atoms with Crippen molar-refractivity contribution in [2.24, 2.45) is 0 Å². The summed E-state index contributed by atoms with van der Waals surface area (Å²) < 4.78 is 70.4. The van der Waals surface area contributed by atoms with E-state index in [4.69, 9.17) is 9.47 Å². The molecule has 0 radical (unpaired) electrons. The molecule has 0 saturated carbocycles. The molecule has 1 N–H and O–H groups in total. The molecule has 0 rings (SSSR count). The number of sulfonamides is 1. The third-order valence-electron chi connectivity index (χ3n) is 2.11. The molecular weight excluding hydrogens is 275 g/mol. The molecule has 0 bridgehead atoms. The maximum absolute atomic E-state index is 11.9. The van der Waals surface area contributed by atoms with E-state index in [9.17, 15) is 21.6 Å². The van der Waals surface area contributed by atoms with E-state index in [0.717, 1.165) is 0 Å². The molecule has 0 aliphatic heterocycles. The van der Waals surface area contributed by atoms with Crippen LogP contribution in [0.25, 0.3) is 0 Å². The van der Waals surface area contributed by atoms with Gasteiger partial charge in [0.15, 0.2) is 6.29 Å². The molecule has 9 heteroatoms. The van der Waals surface area contributed by atoms with Crippen molar-refractivity contribution in [3.63, 3.8) is 0 Å². The first-order chi connectivity index (χ1) is 8.11. The molecule has 0 amide bonds. The SMILES string of the molecule is COC(OC)C(C)NS(=O)(=O)CCCC(F)(F)F. The lowest BCUT2D eigenvalue weighted by molar-refractivity contribution is -0.134. The van der Waals surface area contributed by atoms with Crippen molar-refractivity contribution in [3.05, 3.63) is 0 Å². The van der Waals surface area contributed by atoms with Gasteiger partial charge in [0, 0.05) is 20.6 Å². The Morgan fingerprint density at radius 1 is 1.22 bits per heavy atom. The summed E-state index contributed by atoms with van der Waals surface area (Å²) in [7, 11) is -1.11. The molecule has 0 saturated heterocycles. The zero-order valence-corrected chi connectivity index (χ0v) is 11.3. The van der Waals surface area contributed by atoms with Crippen LogP contribution in [-0.2, 0) is 19.5 Å². The maximum atomic E-state index is 11.9. The Kier molecular flexibility index (Phi) is 7.11. The summed E-state index contributed by atoms with van der Waals surface area (Å²) in [6.45, 7) is 1.50. The summed E-state index contributed by atoms with van der Waals surface area (Å²) >= 11 is 0. The molecule has 0 aliphatic rings. The van der Waals surface area contributed by atoms with Crippen LogP contribution in [0.2, 0.25) is 0 Å². The van der Waals surface area contributed by atoms with Gasteiger partial charge < -0.3 is 9.47 Å². The minimum atomic E-state index is -4.34. The fourth-order valence-electron chi connectivity index (χ4n) is 1.36. The fraction of sp³-hybridized carbons (Fsp3) is 1.00. The third-order valence-corrected chi connectivity index (χ3v) is 3.67. The van der Waals surface area contributed by atoms with Gasteiger partial charge in [-0.15, -0.1) is 0 Å². The summed E-state index contributed by atoms with van der Waals surface area (Å²) in [5.41, 5.74) is 0. The van der Waals surface area contributed by atoms with E-state index in [1.54, 1.807) is 0 Å². The summed E-state index contributed by atoms with van der Waals surface area (Å²) in [5, 5.41) is 0. The van der Waals surface area contributed by atoms with E-state index in [1.807, 2.05) is 0 Å². The van der Waals surface area contributed by atoms with Crippen molar-refractivity contribution in [2.75, 3.05) is 20.0 Å². The second-order valence-electron chi connectivity index (χ2n) is 3.78. The number of methoxy groups -OCH3 is 2. The highest BCUT2D eigenvalue weighted by atomic mass is 32.2. The molecule has 1 atom stereocenters. The van der Waals surface area contributed by atoms with Gasteiger partial charge in [0.05, 0.1) is 11.8 Å². The van der Waals surface area contributed by atoms with Crippen LogP contribution < -0.4 is 4.72 Å². The Morgan fingerprint density at radius 3 is 2.11 bits per heavy atom. The van der Waals surface area contributed by atoms with Crippen LogP contribution >= 0.6 is 0 Å². The summed E-state index contributed by atoms with van der Waals surface area (Å²) in [6, 6.07) is -0.684. The lowest BCUT2D eigenvalue weighted by Gasteiger charge is -2.22. The Hall–Kier alpha value is -0.380. The van der Waals surface area contributed by atoms with Gasteiger partial charge in [0.25, 0.3) is 0 Å². The van der Waals surface area contributed by atoms with Crippen molar-refractivity contribution in [2.45, 2.75) is 38.3 Å². The number of hydrogen-bond acceptors (Lipinski definition) is 4. The molecule has 0 aromatic heterocycles. The summed E-state index contributed by atoms with van der Waals surface area (Å²) in [6.07, 6.45) is -6.73. The quantitative estimate of drug-likeness (QED) is 0.684. The van der Waals surface area contributed by atoms with Gasteiger partial charge in [-0.25, -0.2) is 13.1 Å². The van der Waals surface area contributed by atoms with Gasteiger partial charge >= 0.3 is 6.18 Å². The Labute approximate surface area is 105 Å². The first-order valence-electron chi connectivity index (χ1n) is 5.23. The van der Waals surface area contributed by atoms with Crippen LogP contribution in [-0.4, -0.2) is 46.9 Å². The number of hydrogen-bond donors (Lipinski definition) is 1. The second-order valence-corrected chi connectivity index (χ2v) is 5.66. The minimum Gasteiger partial charge on any atom is -0.354 e. The molecule has 0 aromatic carbocycles. The van der Waals surface area contributed by atoms with Crippen molar-refractivity contribution >= 4 is 10.0 Å². The zero-order valence-electron chi connectivity index (χ0n) is 10.5. The van der Waals surface area contributed by atoms with Gasteiger partial charge in [0.2, 0.25) is 10.0 Å². The number of halogens is 3. The van der Waals surface area contributed by atoms with Gasteiger partial charge in [0.1, 0.15) is 0 Å². The first-order valence-corrected chi connectivity index (χ1v) is 6.89. The smallest absolute Gasteiger partial charge is 0.354 e. The largest absolute Gasteiger partial charge is 0.389 e. The van der Waals surface area contributed by atoms with E-state index in [0.29, 0.717) is 0 Å². The van der Waals surface area contributed by atoms with E-state index >= 15 is 0 Å². The third kappa shape index (κ3) is 7.85. The predicted octanol–water partition coefficient (Wildman–Crippen LogP) is 1.26. The minimum absolute atomic E-state index is 0.476. The number of rotatable bonds is 8. The lowest BCUT2D eigenvalue weighted by Crippen LogP contribution is -2.43. The summed E-state index contributed by atoms with van der Waals surface area (Å²) in [4.78, 5) is 0. The molecule has 0 aliphatic carbocycles. The van der Waals surface area contributed by atoms with E-state index in [2.05, 4.69) is 4.72 Å². The maximum Gasteiger partial charge on any atom is 0.389 e. The fourth-order valence-corrected chi connectivity index (χ4v) is 2.68. The Bertz CT molecular complexity index is 327. The van der Waals surface area contributed by atoms with E-state index < -0.39 is 47.1 Å².